The maximum absolute atomic E-state index is 11.2. The van der Waals surface area contributed by atoms with Crippen LogP contribution in [-0.4, -0.2) is 54.5 Å². The highest BCUT2D eigenvalue weighted by Crippen LogP contribution is 2.10. The first-order chi connectivity index (χ1) is 6.82. The third kappa shape index (κ3) is 5.98. The molecule has 0 radical (unpaired) electrons. The molecule has 0 aromatic carbocycles. The van der Waals surface area contributed by atoms with E-state index in [1.807, 2.05) is 0 Å². The van der Waals surface area contributed by atoms with Gasteiger partial charge in [0.15, 0.2) is 5.75 Å². The highest BCUT2D eigenvalue weighted by molar-refractivity contribution is 7.99. The van der Waals surface area contributed by atoms with Crippen LogP contribution in [0.1, 0.15) is 6.92 Å². The molecule has 0 saturated heterocycles. The molecule has 90 valence electrons. The molecule has 3 N–H and O–H groups in total. The minimum atomic E-state index is -3.82. The van der Waals surface area contributed by atoms with Gasteiger partial charge in [-0.1, -0.05) is 0 Å². The van der Waals surface area contributed by atoms with Crippen molar-refractivity contribution in [2.45, 2.75) is 18.2 Å². The number of sulfonamides is 1. The number of hydrogen-bond acceptors (Lipinski definition) is 5. The van der Waals surface area contributed by atoms with Crippen LogP contribution >= 0.6 is 11.8 Å². The number of nitrogens with one attached hydrogen (secondary N) is 1. The van der Waals surface area contributed by atoms with Gasteiger partial charge in [0.2, 0.25) is 10.0 Å². The van der Waals surface area contributed by atoms with E-state index in [4.69, 9.17) is 10.2 Å². The SMILES string of the molecule is CSC(CO)C(C)NS(=O)(=O)CC(=O)O. The van der Waals surface area contributed by atoms with Gasteiger partial charge >= 0.3 is 5.97 Å². The average molecular weight is 257 g/mol. The number of aliphatic hydroxyl groups is 1. The lowest BCUT2D eigenvalue weighted by molar-refractivity contribution is -0.134. The number of carboxylic acids is 1. The van der Waals surface area contributed by atoms with Crippen LogP contribution in [0, 0.1) is 0 Å². The Labute approximate surface area is 93.1 Å². The molecular weight excluding hydrogens is 242 g/mol. The van der Waals surface area contributed by atoms with Crippen LogP contribution in [0.3, 0.4) is 0 Å². The molecule has 0 rings (SSSR count). The number of carbonyl (C=O) groups is 1. The zero-order chi connectivity index (χ0) is 12.1. The van der Waals surface area contributed by atoms with E-state index in [9.17, 15) is 13.2 Å². The molecule has 0 saturated carbocycles. The summed E-state index contributed by atoms with van der Waals surface area (Å²) in [5, 5.41) is 17.0. The Kier molecular flexibility index (Phi) is 6.18. The fraction of sp³-hybridized carbons (Fsp3) is 0.857. The van der Waals surface area contributed by atoms with Gasteiger partial charge in [-0.05, 0) is 13.2 Å². The lowest BCUT2D eigenvalue weighted by Gasteiger charge is -2.20. The maximum Gasteiger partial charge on any atom is 0.320 e. The number of aliphatic hydroxyl groups excluding tert-OH is 1. The first kappa shape index (κ1) is 14.7. The fourth-order valence-corrected chi connectivity index (χ4v) is 2.85. The van der Waals surface area contributed by atoms with Gasteiger partial charge in [-0.25, -0.2) is 13.1 Å². The van der Waals surface area contributed by atoms with Gasteiger partial charge < -0.3 is 10.2 Å². The van der Waals surface area contributed by atoms with Crippen LogP contribution in [0.2, 0.25) is 0 Å². The highest BCUT2D eigenvalue weighted by atomic mass is 32.2. The van der Waals surface area contributed by atoms with E-state index >= 15 is 0 Å². The topological polar surface area (TPSA) is 104 Å². The largest absolute Gasteiger partial charge is 0.480 e. The maximum atomic E-state index is 11.2. The van der Waals surface area contributed by atoms with Crippen LogP contribution in [0.25, 0.3) is 0 Å². The van der Waals surface area contributed by atoms with Crippen molar-refractivity contribution in [3.63, 3.8) is 0 Å². The Hall–Kier alpha value is -0.310. The van der Waals surface area contributed by atoms with E-state index in [1.165, 1.54) is 11.8 Å². The van der Waals surface area contributed by atoms with Crippen molar-refractivity contribution >= 4 is 27.8 Å². The molecule has 0 aliphatic rings. The molecule has 15 heavy (non-hydrogen) atoms. The Bertz CT molecular complexity index is 299. The summed E-state index contributed by atoms with van der Waals surface area (Å²) in [5.41, 5.74) is 0. The van der Waals surface area contributed by atoms with Gasteiger partial charge in [0.1, 0.15) is 0 Å². The average Bonchev–Trinajstić information content (AvgIpc) is 2.02. The Morgan fingerprint density at radius 1 is 1.53 bits per heavy atom. The van der Waals surface area contributed by atoms with Crippen molar-refractivity contribution in [3.8, 4) is 0 Å². The monoisotopic (exact) mass is 257 g/mol. The van der Waals surface area contributed by atoms with Crippen LogP contribution in [0.4, 0.5) is 0 Å². The van der Waals surface area contributed by atoms with E-state index < -0.39 is 27.8 Å². The van der Waals surface area contributed by atoms with Crippen LogP contribution in [0.5, 0.6) is 0 Å². The lowest BCUT2D eigenvalue weighted by atomic mass is 10.3. The molecule has 2 unspecified atom stereocenters. The zero-order valence-electron chi connectivity index (χ0n) is 8.50. The van der Waals surface area contributed by atoms with Crippen molar-refractivity contribution in [1.82, 2.24) is 4.72 Å². The molecule has 0 fully saturated rings. The Balaban J connectivity index is 4.39. The van der Waals surface area contributed by atoms with Crippen LogP contribution < -0.4 is 4.72 Å². The van der Waals surface area contributed by atoms with E-state index in [2.05, 4.69) is 4.72 Å². The smallest absolute Gasteiger partial charge is 0.320 e. The van der Waals surface area contributed by atoms with Gasteiger partial charge in [-0.3, -0.25) is 4.79 Å². The second-order valence-corrected chi connectivity index (χ2v) is 5.85. The normalized spacial score (nSPS) is 15.9. The van der Waals surface area contributed by atoms with E-state index in [-0.39, 0.29) is 11.9 Å². The molecular formula is C7H15NO5S2. The molecule has 0 aliphatic heterocycles. The molecule has 0 amide bonds. The van der Waals surface area contributed by atoms with Crippen molar-refractivity contribution < 1.29 is 23.4 Å². The molecule has 6 nitrogen and oxygen atoms in total. The summed E-state index contributed by atoms with van der Waals surface area (Å²) < 4.78 is 24.6. The minimum absolute atomic E-state index is 0.169. The summed E-state index contributed by atoms with van der Waals surface area (Å²) in [6, 6.07) is -0.505. The Morgan fingerprint density at radius 3 is 2.40 bits per heavy atom. The van der Waals surface area contributed by atoms with E-state index in [0.29, 0.717) is 0 Å². The van der Waals surface area contributed by atoms with Gasteiger partial charge in [0.05, 0.1) is 6.61 Å². The number of rotatable bonds is 7. The van der Waals surface area contributed by atoms with Crippen molar-refractivity contribution in [3.05, 3.63) is 0 Å². The molecule has 8 heteroatoms. The van der Waals surface area contributed by atoms with E-state index in [0.717, 1.165) is 0 Å². The molecule has 0 aromatic heterocycles. The number of hydrogen-bond donors (Lipinski definition) is 3. The Morgan fingerprint density at radius 2 is 2.07 bits per heavy atom. The standard InChI is InChI=1S/C7H15NO5S2/c1-5(6(3-9)14-2)8-15(12,13)4-7(10)11/h5-6,8-9H,3-4H2,1-2H3,(H,10,11). The number of aliphatic carboxylic acids is 1. The van der Waals surface area contributed by atoms with Crippen molar-refractivity contribution in [2.24, 2.45) is 0 Å². The molecule has 2 atom stereocenters. The summed E-state index contributed by atoms with van der Waals surface area (Å²) >= 11 is 1.31. The second kappa shape index (κ2) is 6.31. The molecule has 0 bridgehead atoms. The predicted molar refractivity (Wildman–Crippen MR) is 58.4 cm³/mol. The van der Waals surface area contributed by atoms with Crippen molar-refractivity contribution in [1.29, 1.82) is 0 Å². The number of thioether (sulfide) groups is 1. The van der Waals surface area contributed by atoms with Gasteiger partial charge in [0, 0.05) is 11.3 Å². The molecule has 0 aliphatic carbocycles. The van der Waals surface area contributed by atoms with Gasteiger partial charge in [-0.2, -0.15) is 11.8 Å². The molecule has 0 spiro atoms. The summed E-state index contributed by atoms with van der Waals surface area (Å²) in [4.78, 5) is 10.2. The number of carboxylic acid groups (broad SMARTS) is 1. The second-order valence-electron chi connectivity index (χ2n) is 3.02. The third-order valence-corrected chi connectivity index (χ3v) is 4.24. The zero-order valence-corrected chi connectivity index (χ0v) is 10.1. The summed E-state index contributed by atoms with van der Waals surface area (Å²) in [5.74, 6) is -2.36. The summed E-state index contributed by atoms with van der Waals surface area (Å²) in [6.07, 6.45) is 1.74. The third-order valence-electron chi connectivity index (χ3n) is 1.72. The fourth-order valence-electron chi connectivity index (χ4n) is 1.00. The minimum Gasteiger partial charge on any atom is -0.480 e. The quantitative estimate of drug-likeness (QED) is 0.546. The highest BCUT2D eigenvalue weighted by Gasteiger charge is 2.23. The molecule has 0 aromatic rings. The first-order valence-corrected chi connectivity index (χ1v) is 7.12. The molecule has 0 heterocycles. The summed E-state index contributed by atoms with van der Waals surface area (Å²) in [7, 11) is -3.82. The summed E-state index contributed by atoms with van der Waals surface area (Å²) in [6.45, 7) is 1.41. The predicted octanol–water partition coefficient (Wildman–Crippen LogP) is -0.897. The van der Waals surface area contributed by atoms with Gasteiger partial charge in [-0.15, -0.1) is 0 Å². The first-order valence-electron chi connectivity index (χ1n) is 4.18. The van der Waals surface area contributed by atoms with E-state index in [1.54, 1.807) is 13.2 Å². The lowest BCUT2D eigenvalue weighted by Crippen LogP contribution is -2.43. The van der Waals surface area contributed by atoms with Gasteiger partial charge in [0.25, 0.3) is 0 Å². The van der Waals surface area contributed by atoms with Crippen LogP contribution in [-0.2, 0) is 14.8 Å². The van der Waals surface area contributed by atoms with Crippen molar-refractivity contribution in [2.75, 3.05) is 18.6 Å². The van der Waals surface area contributed by atoms with Crippen LogP contribution in [0.15, 0.2) is 0 Å².